The van der Waals surface area contributed by atoms with E-state index in [-0.39, 0.29) is 5.00 Å². The van der Waals surface area contributed by atoms with Gasteiger partial charge in [-0.15, -0.1) is 11.6 Å². The summed E-state index contributed by atoms with van der Waals surface area (Å²) in [6.07, 6.45) is 0. The van der Waals surface area contributed by atoms with Gasteiger partial charge in [-0.1, -0.05) is 47.5 Å². The number of benzene rings is 1. The summed E-state index contributed by atoms with van der Waals surface area (Å²) in [4.78, 5) is 0. The molecule has 1 unspecified atom stereocenters. The van der Waals surface area contributed by atoms with Crippen LogP contribution in [0, 0.1) is 6.92 Å². The van der Waals surface area contributed by atoms with Crippen LogP contribution in [-0.4, -0.2) is 15.2 Å². The zero-order valence-electron chi connectivity index (χ0n) is 7.52. The van der Waals surface area contributed by atoms with Crippen molar-refractivity contribution in [2.45, 2.75) is 16.3 Å². The molecule has 1 rings (SSSR count). The molecule has 1 atom stereocenters. The maximum absolute atomic E-state index is 6.17. The summed E-state index contributed by atoms with van der Waals surface area (Å²) in [6.45, 7) is 1.98. The minimum absolute atomic E-state index is 0.183. The van der Waals surface area contributed by atoms with Gasteiger partial charge in [-0.25, -0.2) is 0 Å². The van der Waals surface area contributed by atoms with E-state index in [1.165, 1.54) is 0 Å². The predicted octanol–water partition coefficient (Wildman–Crippen LogP) is 2.56. The Morgan fingerprint density at radius 1 is 1.31 bits per heavy atom. The van der Waals surface area contributed by atoms with Gasteiger partial charge in [-0.2, -0.15) is 0 Å². The van der Waals surface area contributed by atoms with Gasteiger partial charge in [0.2, 0.25) is 0 Å². The van der Waals surface area contributed by atoms with Gasteiger partial charge in [0, 0.05) is 10.2 Å². The summed E-state index contributed by atoms with van der Waals surface area (Å²) in [5.41, 5.74) is 1.99. The molecule has 1 aromatic rings. The first-order valence-electron chi connectivity index (χ1n) is 4.04. The number of alkyl halides is 3. The summed E-state index contributed by atoms with van der Waals surface area (Å²) in [5.74, 6) is 0. The Bertz CT molecular complexity index is 297. The minimum Gasteiger partial charge on any atom is -0.124 e. The van der Waals surface area contributed by atoms with Crippen LogP contribution in [0.25, 0.3) is 0 Å². The summed E-state index contributed by atoms with van der Waals surface area (Å²) >= 11 is 18.3. The highest BCUT2D eigenvalue weighted by atomic mass is 35.5. The molecule has 0 aliphatic heterocycles. The lowest BCUT2D eigenvalue weighted by atomic mass is 10.1. The Hall–Kier alpha value is 0.307. The van der Waals surface area contributed by atoms with Crippen LogP contribution in [0.5, 0.6) is 0 Å². The molecule has 0 N–H and O–H groups in total. The lowest BCUT2D eigenvalue weighted by molar-refractivity contribution is 0.919. The van der Waals surface area contributed by atoms with Crippen molar-refractivity contribution >= 4 is 45.0 Å². The van der Waals surface area contributed by atoms with Crippen molar-refractivity contribution in [2.24, 2.45) is 0 Å². The molecule has 0 saturated carbocycles. The Balaban J connectivity index is 3.14. The van der Waals surface area contributed by atoms with E-state index in [4.69, 9.17) is 34.8 Å². The summed E-state index contributed by atoms with van der Waals surface area (Å²) in [5, 5.41) is -0.183. The van der Waals surface area contributed by atoms with E-state index in [1.54, 1.807) is 0 Å². The smallest absolute Gasteiger partial charge is 0.124 e. The average molecular weight is 254 g/mol. The van der Waals surface area contributed by atoms with Crippen molar-refractivity contribution in [1.82, 2.24) is 0 Å². The van der Waals surface area contributed by atoms with Crippen molar-refractivity contribution in [2.75, 3.05) is 0 Å². The molecule has 0 aliphatic rings. The van der Waals surface area contributed by atoms with Crippen molar-refractivity contribution in [1.29, 1.82) is 0 Å². The van der Waals surface area contributed by atoms with Crippen LogP contribution in [-0.2, 0) is 4.33 Å². The van der Waals surface area contributed by atoms with Crippen LogP contribution < -0.4 is 0 Å². The van der Waals surface area contributed by atoms with E-state index in [0.29, 0.717) is 0 Å². The summed E-state index contributed by atoms with van der Waals surface area (Å²) in [6, 6.07) is 7.78. The Labute approximate surface area is 96.6 Å². The second kappa shape index (κ2) is 4.22. The van der Waals surface area contributed by atoms with Crippen LogP contribution in [0.4, 0.5) is 0 Å². The maximum atomic E-state index is 6.17. The lowest BCUT2D eigenvalue weighted by Crippen LogP contribution is -2.25. The third kappa shape index (κ3) is 2.41. The first-order valence-corrected chi connectivity index (χ1v) is 6.39. The number of hydrogen-bond donors (Lipinski definition) is 0. The molecule has 0 aliphatic carbocycles. The molecule has 0 spiro atoms. The molecular formula is C9H11Cl3Si. The Morgan fingerprint density at radius 3 is 2.31 bits per heavy atom. The molecule has 1 aromatic carbocycles. The first kappa shape index (κ1) is 11.4. The van der Waals surface area contributed by atoms with Crippen LogP contribution >= 0.6 is 34.8 Å². The monoisotopic (exact) mass is 252 g/mol. The average Bonchev–Trinajstić information content (AvgIpc) is 2.04. The minimum atomic E-state index is -0.945. The lowest BCUT2D eigenvalue weighted by Gasteiger charge is -2.24. The highest BCUT2D eigenvalue weighted by Gasteiger charge is 2.33. The SMILES string of the molecule is Cc1ccccc1C(Cl)(Cl)C([SiH3])Cl. The molecule has 0 aromatic heterocycles. The van der Waals surface area contributed by atoms with Crippen molar-refractivity contribution in [3.05, 3.63) is 35.4 Å². The molecule has 0 radical (unpaired) electrons. The standard InChI is InChI=1S/C9H11Cl3Si/c1-6-4-2-3-5-7(6)9(11,12)8(10)13/h2-5,8H,1,13H3. The zero-order valence-corrected chi connectivity index (χ0v) is 11.8. The third-order valence-electron chi connectivity index (χ3n) is 2.00. The van der Waals surface area contributed by atoms with Crippen LogP contribution in [0.15, 0.2) is 24.3 Å². The van der Waals surface area contributed by atoms with E-state index in [1.807, 2.05) is 31.2 Å². The normalized spacial score (nSPS) is 14.5. The van der Waals surface area contributed by atoms with Crippen molar-refractivity contribution < 1.29 is 0 Å². The molecule has 13 heavy (non-hydrogen) atoms. The first-order chi connectivity index (χ1) is 5.96. The fourth-order valence-electron chi connectivity index (χ4n) is 1.16. The van der Waals surface area contributed by atoms with E-state index >= 15 is 0 Å². The molecule has 72 valence electrons. The summed E-state index contributed by atoms with van der Waals surface area (Å²) in [7, 11) is 0.762. The second-order valence-electron chi connectivity index (χ2n) is 3.05. The fraction of sp³-hybridized carbons (Fsp3) is 0.333. The van der Waals surface area contributed by atoms with Gasteiger partial charge in [-0.3, -0.25) is 0 Å². The molecular weight excluding hydrogens is 243 g/mol. The van der Waals surface area contributed by atoms with E-state index < -0.39 is 4.33 Å². The van der Waals surface area contributed by atoms with Crippen LogP contribution in [0.2, 0.25) is 0 Å². The van der Waals surface area contributed by atoms with Gasteiger partial charge in [0.05, 0.1) is 5.00 Å². The molecule has 0 fully saturated rings. The topological polar surface area (TPSA) is 0 Å². The highest BCUT2D eigenvalue weighted by Crippen LogP contribution is 2.40. The van der Waals surface area contributed by atoms with Crippen LogP contribution in [0.3, 0.4) is 0 Å². The Morgan fingerprint density at radius 2 is 1.85 bits per heavy atom. The van der Waals surface area contributed by atoms with Gasteiger partial charge in [0.1, 0.15) is 0 Å². The van der Waals surface area contributed by atoms with Gasteiger partial charge in [0.25, 0.3) is 0 Å². The highest BCUT2D eigenvalue weighted by molar-refractivity contribution is 6.57. The molecule has 0 amide bonds. The van der Waals surface area contributed by atoms with Gasteiger partial charge in [-0.05, 0) is 18.1 Å². The predicted molar refractivity (Wildman–Crippen MR) is 64.1 cm³/mol. The van der Waals surface area contributed by atoms with E-state index in [2.05, 4.69) is 0 Å². The maximum Gasteiger partial charge on any atom is 0.156 e. The quantitative estimate of drug-likeness (QED) is 0.561. The molecule has 0 heterocycles. The number of aryl methyl sites for hydroxylation is 1. The van der Waals surface area contributed by atoms with Gasteiger partial charge < -0.3 is 0 Å². The van der Waals surface area contributed by atoms with Gasteiger partial charge in [0.15, 0.2) is 4.33 Å². The Kier molecular flexibility index (Phi) is 3.70. The molecule has 0 bridgehead atoms. The molecule has 4 heteroatoms. The summed E-state index contributed by atoms with van der Waals surface area (Å²) < 4.78 is -0.945. The number of hydrogen-bond acceptors (Lipinski definition) is 0. The third-order valence-corrected chi connectivity index (χ3v) is 5.21. The number of rotatable bonds is 2. The van der Waals surface area contributed by atoms with E-state index in [0.717, 1.165) is 21.4 Å². The van der Waals surface area contributed by atoms with Crippen LogP contribution in [0.1, 0.15) is 11.1 Å². The molecule has 0 saturated heterocycles. The zero-order chi connectivity index (χ0) is 10.1. The fourth-order valence-corrected chi connectivity index (χ4v) is 2.01. The number of halogens is 3. The van der Waals surface area contributed by atoms with Crippen molar-refractivity contribution in [3.63, 3.8) is 0 Å². The van der Waals surface area contributed by atoms with Crippen molar-refractivity contribution in [3.8, 4) is 0 Å². The van der Waals surface area contributed by atoms with E-state index in [9.17, 15) is 0 Å². The van der Waals surface area contributed by atoms with Gasteiger partial charge >= 0.3 is 0 Å². The largest absolute Gasteiger partial charge is 0.156 e. The molecule has 0 nitrogen and oxygen atoms in total. The second-order valence-corrected chi connectivity index (χ2v) is 6.98.